The maximum Gasteiger partial charge on any atom is 0.311 e. The minimum absolute atomic E-state index is 0.00692. The van der Waals surface area contributed by atoms with Crippen LogP contribution in [0.1, 0.15) is 12.2 Å². The number of likely N-dealkylation sites (tertiary alicyclic amines) is 1. The standard InChI is InChI=1S/C18H16ClFN2O5/c19-12-3-4-15(14(20)7-12)21-16(23)10-27-18(25)11-6-17(24)22(8-11)9-13-2-1-5-26-13/h1-5,7,11H,6,8-10H2,(H,21,23)/t11-/m1/s1. The lowest BCUT2D eigenvalue weighted by molar-refractivity contribution is -0.151. The van der Waals surface area contributed by atoms with Crippen molar-refractivity contribution >= 4 is 35.1 Å². The van der Waals surface area contributed by atoms with Gasteiger partial charge in [0.1, 0.15) is 11.6 Å². The highest BCUT2D eigenvalue weighted by atomic mass is 35.5. The summed E-state index contributed by atoms with van der Waals surface area (Å²) in [5.41, 5.74) is -0.0684. The van der Waals surface area contributed by atoms with Crippen molar-refractivity contribution < 1.29 is 27.9 Å². The topological polar surface area (TPSA) is 88.9 Å². The van der Waals surface area contributed by atoms with Crippen molar-refractivity contribution in [2.24, 2.45) is 5.92 Å². The van der Waals surface area contributed by atoms with Crippen molar-refractivity contribution in [3.63, 3.8) is 0 Å². The summed E-state index contributed by atoms with van der Waals surface area (Å²) in [5, 5.41) is 2.49. The number of anilines is 1. The van der Waals surface area contributed by atoms with Gasteiger partial charge in [-0.2, -0.15) is 0 Å². The van der Waals surface area contributed by atoms with Crippen LogP contribution in [0.15, 0.2) is 41.0 Å². The molecular weight excluding hydrogens is 379 g/mol. The minimum atomic E-state index is -0.697. The average molecular weight is 395 g/mol. The highest BCUT2D eigenvalue weighted by Gasteiger charge is 2.35. The van der Waals surface area contributed by atoms with E-state index in [1.165, 1.54) is 23.3 Å². The van der Waals surface area contributed by atoms with E-state index < -0.39 is 30.2 Å². The van der Waals surface area contributed by atoms with E-state index in [0.29, 0.717) is 5.76 Å². The van der Waals surface area contributed by atoms with E-state index in [9.17, 15) is 18.8 Å². The number of esters is 1. The molecule has 1 aromatic carbocycles. The SMILES string of the molecule is O=C(COC(=O)[C@@H]1CC(=O)N(Cc2ccco2)C1)Nc1ccc(Cl)cc1F. The fourth-order valence-corrected chi connectivity index (χ4v) is 2.86. The Kier molecular flexibility index (Phi) is 5.75. The number of rotatable bonds is 6. The molecule has 2 heterocycles. The highest BCUT2D eigenvalue weighted by molar-refractivity contribution is 6.30. The van der Waals surface area contributed by atoms with Gasteiger partial charge in [-0.15, -0.1) is 0 Å². The van der Waals surface area contributed by atoms with E-state index in [1.807, 2.05) is 0 Å². The van der Waals surface area contributed by atoms with Crippen LogP contribution in [-0.4, -0.2) is 35.8 Å². The zero-order valence-corrected chi connectivity index (χ0v) is 14.9. The number of nitrogens with zero attached hydrogens (tertiary/aromatic N) is 1. The summed E-state index contributed by atoms with van der Waals surface area (Å²) >= 11 is 5.64. The maximum atomic E-state index is 13.6. The Hall–Kier alpha value is -2.87. The molecule has 2 aromatic rings. The summed E-state index contributed by atoms with van der Waals surface area (Å²) < 4.78 is 23.8. The number of hydrogen-bond acceptors (Lipinski definition) is 5. The molecule has 0 saturated carbocycles. The molecule has 142 valence electrons. The van der Waals surface area contributed by atoms with E-state index in [0.717, 1.165) is 6.07 Å². The molecule has 0 bridgehead atoms. The van der Waals surface area contributed by atoms with Crippen LogP contribution < -0.4 is 5.32 Å². The first-order chi connectivity index (χ1) is 12.9. The van der Waals surface area contributed by atoms with Gasteiger partial charge in [0.2, 0.25) is 5.91 Å². The summed E-state index contributed by atoms with van der Waals surface area (Å²) in [7, 11) is 0. The van der Waals surface area contributed by atoms with Crippen molar-refractivity contribution in [2.45, 2.75) is 13.0 Å². The highest BCUT2D eigenvalue weighted by Crippen LogP contribution is 2.22. The van der Waals surface area contributed by atoms with Gasteiger partial charge in [-0.3, -0.25) is 14.4 Å². The Balaban J connectivity index is 1.47. The second-order valence-corrected chi connectivity index (χ2v) is 6.47. The zero-order valence-electron chi connectivity index (χ0n) is 14.1. The van der Waals surface area contributed by atoms with Crippen LogP contribution in [0.25, 0.3) is 0 Å². The Morgan fingerprint density at radius 2 is 2.19 bits per heavy atom. The molecule has 9 heteroatoms. The van der Waals surface area contributed by atoms with Gasteiger partial charge in [-0.25, -0.2) is 4.39 Å². The minimum Gasteiger partial charge on any atom is -0.467 e. The lowest BCUT2D eigenvalue weighted by Gasteiger charge is -2.14. The molecule has 27 heavy (non-hydrogen) atoms. The van der Waals surface area contributed by atoms with Crippen molar-refractivity contribution in [1.29, 1.82) is 0 Å². The molecule has 1 aliphatic heterocycles. The fraction of sp³-hybridized carbons (Fsp3) is 0.278. The number of carbonyl (C=O) groups excluding carboxylic acids is 3. The van der Waals surface area contributed by atoms with Gasteiger partial charge in [0.15, 0.2) is 6.61 Å². The van der Waals surface area contributed by atoms with Crippen LogP contribution in [0.5, 0.6) is 0 Å². The molecule has 1 aromatic heterocycles. The third-order valence-electron chi connectivity index (χ3n) is 4.03. The molecule has 1 atom stereocenters. The smallest absolute Gasteiger partial charge is 0.311 e. The summed E-state index contributed by atoms with van der Waals surface area (Å²) in [6, 6.07) is 7.23. The molecule has 0 spiro atoms. The first-order valence-corrected chi connectivity index (χ1v) is 8.52. The van der Waals surface area contributed by atoms with Crippen molar-refractivity contribution in [3.05, 3.63) is 53.2 Å². The lowest BCUT2D eigenvalue weighted by atomic mass is 10.1. The molecule has 3 rings (SSSR count). The van der Waals surface area contributed by atoms with Crippen LogP contribution in [0.4, 0.5) is 10.1 Å². The third-order valence-corrected chi connectivity index (χ3v) is 4.26. The van der Waals surface area contributed by atoms with Crippen LogP contribution >= 0.6 is 11.6 Å². The number of benzene rings is 1. The van der Waals surface area contributed by atoms with Gasteiger partial charge in [0.25, 0.3) is 5.91 Å². The second-order valence-electron chi connectivity index (χ2n) is 6.03. The van der Waals surface area contributed by atoms with Crippen LogP contribution in [0, 0.1) is 11.7 Å². The number of ether oxygens (including phenoxy) is 1. The van der Waals surface area contributed by atoms with E-state index in [-0.39, 0.29) is 36.1 Å². The Morgan fingerprint density at radius 1 is 1.37 bits per heavy atom. The maximum absolute atomic E-state index is 13.6. The number of nitrogens with one attached hydrogen (secondary N) is 1. The Labute approximate surface area is 159 Å². The monoisotopic (exact) mass is 394 g/mol. The molecule has 1 N–H and O–H groups in total. The molecular formula is C18H16ClFN2O5. The van der Waals surface area contributed by atoms with E-state index in [4.69, 9.17) is 20.8 Å². The molecule has 1 aliphatic rings. The van der Waals surface area contributed by atoms with Crippen LogP contribution in [-0.2, 0) is 25.7 Å². The first kappa shape index (κ1) is 18.9. The van der Waals surface area contributed by atoms with Crippen molar-refractivity contribution in [2.75, 3.05) is 18.5 Å². The number of hydrogen-bond donors (Lipinski definition) is 1. The molecule has 0 unspecified atom stereocenters. The number of halogens is 2. The third kappa shape index (κ3) is 4.85. The van der Waals surface area contributed by atoms with Gasteiger partial charge in [0, 0.05) is 18.0 Å². The predicted octanol–water partition coefficient (Wildman–Crippen LogP) is 2.60. The molecule has 2 amide bonds. The average Bonchev–Trinajstić information content (AvgIpc) is 3.26. The fourth-order valence-electron chi connectivity index (χ4n) is 2.71. The summed E-state index contributed by atoms with van der Waals surface area (Å²) in [4.78, 5) is 37.4. The van der Waals surface area contributed by atoms with E-state index in [1.54, 1.807) is 12.1 Å². The van der Waals surface area contributed by atoms with Gasteiger partial charge in [-0.05, 0) is 30.3 Å². The molecule has 1 fully saturated rings. The van der Waals surface area contributed by atoms with E-state index in [2.05, 4.69) is 5.32 Å². The molecule has 7 nitrogen and oxygen atoms in total. The lowest BCUT2D eigenvalue weighted by Crippen LogP contribution is -2.28. The van der Waals surface area contributed by atoms with Gasteiger partial charge >= 0.3 is 5.97 Å². The number of amides is 2. The Bertz CT molecular complexity index is 855. The predicted molar refractivity (Wildman–Crippen MR) is 93.2 cm³/mol. The Morgan fingerprint density at radius 3 is 2.89 bits per heavy atom. The summed E-state index contributed by atoms with van der Waals surface area (Å²) in [5.74, 6) is -2.29. The summed E-state index contributed by atoms with van der Waals surface area (Å²) in [6.07, 6.45) is 1.51. The zero-order chi connectivity index (χ0) is 19.4. The van der Waals surface area contributed by atoms with Crippen LogP contribution in [0.2, 0.25) is 5.02 Å². The molecule has 1 saturated heterocycles. The largest absolute Gasteiger partial charge is 0.467 e. The van der Waals surface area contributed by atoms with Crippen LogP contribution in [0.3, 0.4) is 0 Å². The van der Waals surface area contributed by atoms with E-state index >= 15 is 0 Å². The number of carbonyl (C=O) groups is 3. The molecule has 0 aliphatic carbocycles. The van der Waals surface area contributed by atoms with Crippen molar-refractivity contribution in [3.8, 4) is 0 Å². The number of furan rings is 1. The first-order valence-electron chi connectivity index (χ1n) is 8.14. The quantitative estimate of drug-likeness (QED) is 0.761. The van der Waals surface area contributed by atoms with Crippen molar-refractivity contribution in [1.82, 2.24) is 4.90 Å². The van der Waals surface area contributed by atoms with Gasteiger partial charge in [-0.1, -0.05) is 11.6 Å². The summed E-state index contributed by atoms with van der Waals surface area (Å²) in [6.45, 7) is -0.123. The second kappa shape index (κ2) is 8.22. The molecule has 0 radical (unpaired) electrons. The normalized spacial score (nSPS) is 16.4. The van der Waals surface area contributed by atoms with Gasteiger partial charge in [0.05, 0.1) is 24.4 Å². The van der Waals surface area contributed by atoms with Gasteiger partial charge < -0.3 is 19.4 Å².